The number of rotatable bonds is 7. The largest absolute Gasteiger partial charge is 0.482 e. The molecule has 0 saturated heterocycles. The number of nitrogens with one attached hydrogen (secondary N) is 1. The summed E-state index contributed by atoms with van der Waals surface area (Å²) in [5.41, 5.74) is 1.77. The van der Waals surface area contributed by atoms with E-state index in [0.29, 0.717) is 24.7 Å². The highest BCUT2D eigenvalue weighted by Gasteiger charge is 2.28. The van der Waals surface area contributed by atoms with Crippen LogP contribution in [0.4, 0.5) is 5.69 Å². The first kappa shape index (κ1) is 20.9. The molecule has 0 bridgehead atoms. The number of carbonyl (C=O) groups excluding carboxylic acids is 2. The molecule has 0 atom stereocenters. The van der Waals surface area contributed by atoms with Crippen LogP contribution >= 0.6 is 0 Å². The summed E-state index contributed by atoms with van der Waals surface area (Å²) < 4.78 is 16.2. The Hall–Kier alpha value is -2.80. The van der Waals surface area contributed by atoms with E-state index in [-0.39, 0.29) is 36.1 Å². The van der Waals surface area contributed by atoms with Gasteiger partial charge in [0.25, 0.3) is 11.8 Å². The summed E-state index contributed by atoms with van der Waals surface area (Å²) in [6.07, 6.45) is 0.727. The summed E-state index contributed by atoms with van der Waals surface area (Å²) in [5, 5.41) is 2.79. The Morgan fingerprint density at radius 1 is 1.24 bits per heavy atom. The van der Waals surface area contributed by atoms with Crippen molar-refractivity contribution in [2.45, 2.75) is 39.2 Å². The number of carbonyl (C=O) groups is 2. The molecule has 1 aliphatic heterocycles. The average Bonchev–Trinajstić information content (AvgIpc) is 3.15. The Bertz CT molecular complexity index is 882. The molecule has 2 heterocycles. The van der Waals surface area contributed by atoms with E-state index >= 15 is 0 Å². The zero-order chi connectivity index (χ0) is 21.0. The monoisotopic (exact) mass is 400 g/mol. The number of amides is 2. The van der Waals surface area contributed by atoms with Crippen molar-refractivity contribution < 1.29 is 23.5 Å². The number of hydrogen-bond donors (Lipinski definition) is 1. The maximum Gasteiger partial charge on any atom is 0.286 e. The summed E-state index contributed by atoms with van der Waals surface area (Å²) in [7, 11) is 1.62. The number of anilines is 1. The highest BCUT2D eigenvalue weighted by atomic mass is 16.5. The van der Waals surface area contributed by atoms with E-state index in [1.54, 1.807) is 24.1 Å². The smallest absolute Gasteiger partial charge is 0.286 e. The molecule has 2 aromatic rings. The highest BCUT2D eigenvalue weighted by Crippen LogP contribution is 2.37. The van der Waals surface area contributed by atoms with Crippen LogP contribution < -0.4 is 15.0 Å². The van der Waals surface area contributed by atoms with Crippen LogP contribution in [0.15, 0.2) is 34.7 Å². The molecule has 1 aromatic carbocycles. The van der Waals surface area contributed by atoms with Crippen LogP contribution in [0.2, 0.25) is 0 Å². The van der Waals surface area contributed by atoms with Gasteiger partial charge in [-0.15, -0.1) is 0 Å². The van der Waals surface area contributed by atoms with Crippen LogP contribution in [0, 0.1) is 0 Å². The molecule has 0 fully saturated rings. The summed E-state index contributed by atoms with van der Waals surface area (Å²) >= 11 is 0. The average molecular weight is 400 g/mol. The van der Waals surface area contributed by atoms with Gasteiger partial charge in [-0.25, -0.2) is 0 Å². The van der Waals surface area contributed by atoms with Gasteiger partial charge in [0.05, 0.1) is 12.2 Å². The lowest BCUT2D eigenvalue weighted by molar-refractivity contribution is -0.121. The number of hydrogen-bond acceptors (Lipinski definition) is 5. The zero-order valence-electron chi connectivity index (χ0n) is 17.4. The van der Waals surface area contributed by atoms with Crippen molar-refractivity contribution in [3.05, 3.63) is 47.4 Å². The van der Waals surface area contributed by atoms with Gasteiger partial charge in [-0.3, -0.25) is 14.5 Å². The van der Waals surface area contributed by atoms with Crippen LogP contribution in [0.1, 0.15) is 49.1 Å². The highest BCUT2D eigenvalue weighted by molar-refractivity contribution is 5.98. The maximum atomic E-state index is 12.5. The fourth-order valence-corrected chi connectivity index (χ4v) is 3.09. The zero-order valence-corrected chi connectivity index (χ0v) is 17.4. The van der Waals surface area contributed by atoms with Gasteiger partial charge in [0.1, 0.15) is 11.5 Å². The first-order valence-electron chi connectivity index (χ1n) is 9.73. The van der Waals surface area contributed by atoms with E-state index in [9.17, 15) is 9.59 Å². The van der Waals surface area contributed by atoms with E-state index in [1.165, 1.54) is 0 Å². The van der Waals surface area contributed by atoms with Crippen molar-refractivity contribution in [3.63, 3.8) is 0 Å². The van der Waals surface area contributed by atoms with Gasteiger partial charge in [-0.1, -0.05) is 26.8 Å². The Kier molecular flexibility index (Phi) is 6.27. The molecule has 7 heteroatoms. The number of benzene rings is 1. The molecule has 3 rings (SSSR count). The van der Waals surface area contributed by atoms with E-state index in [1.807, 2.05) is 18.2 Å². The first-order chi connectivity index (χ1) is 13.8. The topological polar surface area (TPSA) is 81.0 Å². The fraction of sp³-hybridized carbons (Fsp3) is 0.455. The van der Waals surface area contributed by atoms with Crippen LogP contribution in [0.5, 0.6) is 5.75 Å². The van der Waals surface area contributed by atoms with Crippen molar-refractivity contribution in [2.24, 2.45) is 0 Å². The third-order valence-electron chi connectivity index (χ3n) is 4.78. The summed E-state index contributed by atoms with van der Waals surface area (Å²) in [6.45, 7) is 7.67. The van der Waals surface area contributed by atoms with Crippen LogP contribution in [-0.4, -0.2) is 38.7 Å². The minimum Gasteiger partial charge on any atom is -0.482 e. The molecule has 0 aliphatic carbocycles. The summed E-state index contributed by atoms with van der Waals surface area (Å²) in [6, 6.07) is 9.25. The van der Waals surface area contributed by atoms with E-state index in [2.05, 4.69) is 26.1 Å². The van der Waals surface area contributed by atoms with Gasteiger partial charge in [0.2, 0.25) is 0 Å². The first-order valence-corrected chi connectivity index (χ1v) is 9.73. The lowest BCUT2D eigenvalue weighted by atomic mass is 9.86. The van der Waals surface area contributed by atoms with Gasteiger partial charge in [0.15, 0.2) is 12.4 Å². The van der Waals surface area contributed by atoms with Crippen molar-refractivity contribution in [3.8, 4) is 5.75 Å². The molecule has 0 radical (unpaired) electrons. The molecule has 0 spiro atoms. The van der Waals surface area contributed by atoms with Crippen molar-refractivity contribution in [1.82, 2.24) is 5.32 Å². The van der Waals surface area contributed by atoms with Crippen molar-refractivity contribution in [2.75, 3.05) is 31.8 Å². The predicted molar refractivity (Wildman–Crippen MR) is 109 cm³/mol. The number of ether oxygens (including phenoxy) is 2. The second kappa shape index (κ2) is 8.69. The van der Waals surface area contributed by atoms with Gasteiger partial charge in [-0.2, -0.15) is 0 Å². The molecule has 0 unspecified atom stereocenters. The molecule has 29 heavy (non-hydrogen) atoms. The Labute approximate surface area is 171 Å². The third-order valence-corrected chi connectivity index (χ3v) is 4.78. The minimum absolute atomic E-state index is 0.0184. The third kappa shape index (κ3) is 4.98. The lowest BCUT2D eigenvalue weighted by Crippen LogP contribution is -2.38. The second-order valence-electron chi connectivity index (χ2n) is 8.07. The standard InChI is InChI=1S/C22H28N2O5/c1-22(2,3)15-6-8-18-17(12-15)24(20(25)14-28-18)13-16-7-9-19(29-16)21(26)23-10-5-11-27-4/h6-9,12H,5,10-11,13-14H2,1-4H3,(H,23,26). The molecule has 1 aromatic heterocycles. The lowest BCUT2D eigenvalue weighted by Gasteiger charge is -2.30. The minimum atomic E-state index is -0.281. The molecule has 156 valence electrons. The van der Waals surface area contributed by atoms with Crippen LogP contribution in [0.3, 0.4) is 0 Å². The summed E-state index contributed by atoms with van der Waals surface area (Å²) in [5.74, 6) is 0.998. The molecular formula is C22H28N2O5. The number of nitrogens with zero attached hydrogens (tertiary/aromatic N) is 1. The maximum absolute atomic E-state index is 12.5. The van der Waals surface area contributed by atoms with Gasteiger partial charge in [0, 0.05) is 20.3 Å². The van der Waals surface area contributed by atoms with Crippen LogP contribution in [0.25, 0.3) is 0 Å². The number of methoxy groups -OCH3 is 1. The Morgan fingerprint density at radius 2 is 2.03 bits per heavy atom. The quantitative estimate of drug-likeness (QED) is 0.722. The van der Waals surface area contributed by atoms with E-state index in [0.717, 1.165) is 17.7 Å². The van der Waals surface area contributed by atoms with E-state index < -0.39 is 0 Å². The van der Waals surface area contributed by atoms with E-state index in [4.69, 9.17) is 13.9 Å². The molecule has 2 amide bonds. The van der Waals surface area contributed by atoms with Crippen molar-refractivity contribution in [1.29, 1.82) is 0 Å². The number of furan rings is 1. The number of fused-ring (bicyclic) bond motifs is 1. The second-order valence-corrected chi connectivity index (χ2v) is 8.07. The predicted octanol–water partition coefficient (Wildman–Crippen LogP) is 3.27. The van der Waals surface area contributed by atoms with Crippen molar-refractivity contribution >= 4 is 17.5 Å². The molecular weight excluding hydrogens is 372 g/mol. The fourth-order valence-electron chi connectivity index (χ4n) is 3.09. The molecule has 0 saturated carbocycles. The normalized spacial score (nSPS) is 13.8. The Morgan fingerprint density at radius 3 is 2.76 bits per heavy atom. The molecule has 1 N–H and O–H groups in total. The van der Waals surface area contributed by atoms with Gasteiger partial charge in [-0.05, 0) is 41.7 Å². The molecule has 7 nitrogen and oxygen atoms in total. The Balaban J connectivity index is 1.75. The summed E-state index contributed by atoms with van der Waals surface area (Å²) in [4.78, 5) is 26.4. The molecule has 1 aliphatic rings. The SMILES string of the molecule is COCCCNC(=O)c1ccc(CN2C(=O)COc3ccc(C(C)(C)C)cc32)o1. The van der Waals surface area contributed by atoms with Gasteiger partial charge < -0.3 is 19.2 Å². The van der Waals surface area contributed by atoms with Crippen LogP contribution in [-0.2, 0) is 21.5 Å². The van der Waals surface area contributed by atoms with Gasteiger partial charge >= 0.3 is 0 Å².